The lowest BCUT2D eigenvalue weighted by atomic mass is 10.3. The summed E-state index contributed by atoms with van der Waals surface area (Å²) in [6, 6.07) is 5.69. The highest BCUT2D eigenvalue weighted by Gasteiger charge is 2.16. The van der Waals surface area contributed by atoms with E-state index in [4.69, 9.17) is 16.3 Å². The second-order valence-electron chi connectivity index (χ2n) is 3.47. The minimum absolute atomic E-state index is 0.0443. The summed E-state index contributed by atoms with van der Waals surface area (Å²) in [4.78, 5) is 11.2. The molecule has 0 fully saturated rings. The molecule has 1 heterocycles. The number of benzene rings is 1. The van der Waals surface area contributed by atoms with Crippen molar-refractivity contribution in [3.63, 3.8) is 0 Å². The molecule has 4 nitrogen and oxygen atoms in total. The Morgan fingerprint density at radius 1 is 1.44 bits per heavy atom. The molecule has 0 N–H and O–H groups in total. The number of hydrogen-bond donors (Lipinski definition) is 0. The number of carbonyl (C=O) groups excluding carboxylic acids is 1. The van der Waals surface area contributed by atoms with E-state index in [1.807, 2.05) is 0 Å². The molecule has 1 aromatic carbocycles. The van der Waals surface area contributed by atoms with Gasteiger partial charge in [0.25, 0.3) is 5.24 Å². The van der Waals surface area contributed by atoms with E-state index in [1.54, 1.807) is 19.1 Å². The van der Waals surface area contributed by atoms with Crippen LogP contribution < -0.4 is 4.74 Å². The predicted molar refractivity (Wildman–Crippen MR) is 64.9 cm³/mol. The molecule has 0 aliphatic rings. The Hall–Kier alpha value is -1.88. The summed E-state index contributed by atoms with van der Waals surface area (Å²) in [6.07, 6.45) is 1.53. The Balaban J connectivity index is 2.42. The second-order valence-corrected chi connectivity index (χ2v) is 3.81. The van der Waals surface area contributed by atoms with E-state index < -0.39 is 5.24 Å². The quantitative estimate of drug-likeness (QED) is 0.801. The van der Waals surface area contributed by atoms with Crippen LogP contribution >= 0.6 is 11.6 Å². The van der Waals surface area contributed by atoms with Crippen LogP contribution in [0.15, 0.2) is 30.5 Å². The smallest absolute Gasteiger partial charge is 0.276 e. The lowest BCUT2D eigenvalue weighted by molar-refractivity contribution is 0.107. The number of hydrogen-bond acceptors (Lipinski definition) is 3. The minimum Gasteiger partial charge on any atom is -0.490 e. The normalized spacial score (nSPS) is 10.4. The third-order valence-electron chi connectivity index (χ3n) is 2.26. The van der Waals surface area contributed by atoms with Gasteiger partial charge in [-0.25, -0.2) is 9.07 Å². The zero-order valence-electron chi connectivity index (χ0n) is 9.56. The molecule has 94 valence electrons. The number of nitrogens with zero attached hydrogens (tertiary/aromatic N) is 2. The third-order valence-corrected chi connectivity index (χ3v) is 2.44. The van der Waals surface area contributed by atoms with Crippen molar-refractivity contribution in [2.75, 3.05) is 6.61 Å². The highest BCUT2D eigenvalue weighted by atomic mass is 35.5. The molecule has 0 aliphatic carbocycles. The molecule has 0 amide bonds. The van der Waals surface area contributed by atoms with E-state index in [-0.39, 0.29) is 11.5 Å². The lowest BCUT2D eigenvalue weighted by Gasteiger charge is -1.99. The maximum absolute atomic E-state index is 12.8. The van der Waals surface area contributed by atoms with Crippen LogP contribution in [0.1, 0.15) is 17.4 Å². The Morgan fingerprint density at radius 3 is 2.67 bits per heavy atom. The number of aromatic nitrogens is 2. The molecule has 0 saturated carbocycles. The molecule has 2 rings (SSSR count). The number of ether oxygens (including phenoxy) is 1. The summed E-state index contributed by atoms with van der Waals surface area (Å²) in [5.41, 5.74) is 0.657. The number of carbonyl (C=O) groups is 1. The Morgan fingerprint density at radius 2 is 2.11 bits per heavy atom. The summed E-state index contributed by atoms with van der Waals surface area (Å²) >= 11 is 5.42. The fourth-order valence-electron chi connectivity index (χ4n) is 1.48. The van der Waals surface area contributed by atoms with Gasteiger partial charge in [0.05, 0.1) is 18.5 Å². The van der Waals surface area contributed by atoms with Gasteiger partial charge in [0.15, 0.2) is 11.4 Å². The molecular formula is C12H10ClFN2O2. The lowest BCUT2D eigenvalue weighted by Crippen LogP contribution is -1.99. The molecule has 0 unspecified atom stereocenters. The number of halogens is 2. The topological polar surface area (TPSA) is 44.1 Å². The monoisotopic (exact) mass is 268 g/mol. The first kappa shape index (κ1) is 12.6. The largest absolute Gasteiger partial charge is 0.490 e. The molecule has 1 aromatic heterocycles. The molecule has 18 heavy (non-hydrogen) atoms. The average molecular weight is 269 g/mol. The van der Waals surface area contributed by atoms with Gasteiger partial charge in [0.1, 0.15) is 5.82 Å². The van der Waals surface area contributed by atoms with Gasteiger partial charge in [0.2, 0.25) is 0 Å². The van der Waals surface area contributed by atoms with E-state index in [1.165, 1.54) is 23.0 Å². The van der Waals surface area contributed by atoms with Crippen molar-refractivity contribution in [2.45, 2.75) is 6.92 Å². The average Bonchev–Trinajstić information content (AvgIpc) is 2.75. The number of rotatable bonds is 4. The van der Waals surface area contributed by atoms with Crippen LogP contribution in [0.3, 0.4) is 0 Å². The third kappa shape index (κ3) is 2.51. The minimum atomic E-state index is -0.695. The van der Waals surface area contributed by atoms with Gasteiger partial charge >= 0.3 is 0 Å². The van der Waals surface area contributed by atoms with Crippen LogP contribution in [0.4, 0.5) is 4.39 Å². The second kappa shape index (κ2) is 5.18. The van der Waals surface area contributed by atoms with Gasteiger partial charge in [-0.2, -0.15) is 5.10 Å². The van der Waals surface area contributed by atoms with Crippen molar-refractivity contribution < 1.29 is 13.9 Å². The van der Waals surface area contributed by atoms with Crippen LogP contribution in [-0.2, 0) is 0 Å². The van der Waals surface area contributed by atoms with Gasteiger partial charge in [-0.1, -0.05) is 0 Å². The highest BCUT2D eigenvalue weighted by molar-refractivity contribution is 6.67. The first-order valence-electron chi connectivity index (χ1n) is 5.30. The van der Waals surface area contributed by atoms with Gasteiger partial charge in [-0.05, 0) is 42.8 Å². The van der Waals surface area contributed by atoms with Crippen molar-refractivity contribution in [3.05, 3.63) is 42.0 Å². The van der Waals surface area contributed by atoms with Crippen molar-refractivity contribution in [1.82, 2.24) is 9.78 Å². The summed E-state index contributed by atoms with van der Waals surface area (Å²) in [7, 11) is 0. The molecule has 0 atom stereocenters. The maximum Gasteiger partial charge on any atom is 0.276 e. The zero-order valence-corrected chi connectivity index (χ0v) is 10.3. The van der Waals surface area contributed by atoms with E-state index >= 15 is 0 Å². The van der Waals surface area contributed by atoms with Crippen LogP contribution in [0.2, 0.25) is 0 Å². The van der Waals surface area contributed by atoms with Gasteiger partial charge < -0.3 is 4.74 Å². The Bertz CT molecular complexity index is 566. The van der Waals surface area contributed by atoms with Crippen molar-refractivity contribution >= 4 is 16.8 Å². The first-order valence-corrected chi connectivity index (χ1v) is 5.68. The van der Waals surface area contributed by atoms with Crippen LogP contribution in [0.5, 0.6) is 5.75 Å². The standard InChI is InChI=1S/C12H10ClFN2O2/c1-2-18-10-7-16(15-11(10)12(13)17)9-5-3-8(14)4-6-9/h3-7H,2H2,1H3. The maximum atomic E-state index is 12.8. The van der Waals surface area contributed by atoms with E-state index in [0.29, 0.717) is 18.0 Å². The molecule has 0 aliphatic heterocycles. The molecule has 6 heteroatoms. The first-order chi connectivity index (χ1) is 8.61. The Kier molecular flexibility index (Phi) is 3.62. The van der Waals surface area contributed by atoms with Crippen LogP contribution in [0, 0.1) is 5.82 Å². The molecular weight excluding hydrogens is 259 g/mol. The summed E-state index contributed by atoms with van der Waals surface area (Å²) in [5, 5.41) is 3.32. The Labute approximate surface area is 108 Å². The summed E-state index contributed by atoms with van der Waals surface area (Å²) in [5.74, 6) is -0.0357. The van der Waals surface area contributed by atoms with Crippen molar-refractivity contribution in [1.29, 1.82) is 0 Å². The molecule has 2 aromatic rings. The van der Waals surface area contributed by atoms with Crippen molar-refractivity contribution in [2.24, 2.45) is 0 Å². The van der Waals surface area contributed by atoms with E-state index in [0.717, 1.165) is 0 Å². The van der Waals surface area contributed by atoms with Crippen molar-refractivity contribution in [3.8, 4) is 11.4 Å². The van der Waals surface area contributed by atoms with Gasteiger partial charge in [-0.3, -0.25) is 4.79 Å². The SMILES string of the molecule is CCOc1cn(-c2ccc(F)cc2)nc1C(=O)Cl. The van der Waals surface area contributed by atoms with Gasteiger partial charge in [-0.15, -0.1) is 0 Å². The molecule has 0 radical (unpaired) electrons. The van der Waals surface area contributed by atoms with Gasteiger partial charge in [0, 0.05) is 0 Å². The fraction of sp³-hybridized carbons (Fsp3) is 0.167. The molecule has 0 spiro atoms. The zero-order chi connectivity index (χ0) is 13.1. The van der Waals surface area contributed by atoms with Crippen LogP contribution in [-0.4, -0.2) is 21.6 Å². The summed E-state index contributed by atoms with van der Waals surface area (Å²) in [6.45, 7) is 2.18. The van der Waals surface area contributed by atoms with Crippen LogP contribution in [0.25, 0.3) is 5.69 Å². The van der Waals surface area contributed by atoms with E-state index in [9.17, 15) is 9.18 Å². The highest BCUT2D eigenvalue weighted by Crippen LogP contribution is 2.21. The molecule has 0 bridgehead atoms. The molecule has 0 saturated heterocycles. The predicted octanol–water partition coefficient (Wildman–Crippen LogP) is 2.79. The van der Waals surface area contributed by atoms with E-state index in [2.05, 4.69) is 5.10 Å². The fourth-order valence-corrected chi connectivity index (χ4v) is 1.61. The summed E-state index contributed by atoms with van der Waals surface area (Å²) < 4.78 is 19.5.